The van der Waals surface area contributed by atoms with Gasteiger partial charge < -0.3 is 0 Å². The van der Waals surface area contributed by atoms with Crippen LogP contribution in [0.1, 0.15) is 20.8 Å². The van der Waals surface area contributed by atoms with Crippen molar-refractivity contribution in [2.45, 2.75) is 20.8 Å². The summed E-state index contributed by atoms with van der Waals surface area (Å²) in [6.07, 6.45) is 13.4. The lowest BCUT2D eigenvalue weighted by Gasteiger charge is -1.82. The number of hydrogen-bond donors (Lipinski definition) is 0. The van der Waals surface area contributed by atoms with Gasteiger partial charge in [-0.1, -0.05) is 61.3 Å². The van der Waals surface area contributed by atoms with Crippen molar-refractivity contribution in [1.82, 2.24) is 0 Å². The third-order valence-electron chi connectivity index (χ3n) is 1.14. The largest absolute Gasteiger partial charge is 0.0991 e. The van der Waals surface area contributed by atoms with E-state index in [9.17, 15) is 0 Å². The Morgan fingerprint density at radius 3 is 1.85 bits per heavy atom. The molecule has 0 N–H and O–H groups in total. The van der Waals surface area contributed by atoms with Crippen LogP contribution in [0, 0.1) is 0 Å². The molecule has 0 atom stereocenters. The first-order valence-electron chi connectivity index (χ1n) is 4.38. The fraction of sp³-hybridized carbons (Fsp3) is 0.231. The highest BCUT2D eigenvalue weighted by Gasteiger charge is 1.71. The molecule has 0 rings (SSSR count). The number of allylic oxidation sites excluding steroid dienone is 8. The molecule has 0 nitrogen and oxygen atoms in total. The fourth-order valence-electron chi connectivity index (χ4n) is 0.640. The summed E-state index contributed by atoms with van der Waals surface area (Å²) < 4.78 is 0. The minimum Gasteiger partial charge on any atom is -0.0991 e. The van der Waals surface area contributed by atoms with E-state index in [0.29, 0.717) is 0 Å². The predicted octanol–water partition coefficient (Wildman–Crippen LogP) is 4.44. The molecule has 0 aromatic carbocycles. The minimum absolute atomic E-state index is 1.24. The molecule has 0 aliphatic rings. The summed E-state index contributed by atoms with van der Waals surface area (Å²) in [5.41, 5.74) is 1.24. The molecule has 0 fully saturated rings. The van der Waals surface area contributed by atoms with Gasteiger partial charge in [0.15, 0.2) is 0 Å². The highest BCUT2D eigenvalue weighted by atomic mass is 13.8. The minimum atomic E-state index is 1.24. The van der Waals surface area contributed by atoms with Gasteiger partial charge in [-0.05, 0) is 20.8 Å². The lowest BCUT2D eigenvalue weighted by molar-refractivity contribution is 1.51. The topological polar surface area (TPSA) is 0 Å². The highest BCUT2D eigenvalue weighted by molar-refractivity contribution is 5.19. The van der Waals surface area contributed by atoms with Gasteiger partial charge in [-0.25, -0.2) is 0 Å². The van der Waals surface area contributed by atoms with E-state index in [0.717, 1.165) is 0 Å². The summed E-state index contributed by atoms with van der Waals surface area (Å²) in [5.74, 6) is 0. The van der Waals surface area contributed by atoms with Gasteiger partial charge >= 0.3 is 0 Å². The molecule has 0 aliphatic carbocycles. The molecule has 0 radical (unpaired) electrons. The zero-order valence-electron chi connectivity index (χ0n) is 8.96. The monoisotopic (exact) mass is 176 g/mol. The molecule has 0 unspecified atom stereocenters. The van der Waals surface area contributed by atoms with Crippen LogP contribution in [-0.2, 0) is 0 Å². The van der Waals surface area contributed by atoms with E-state index >= 15 is 0 Å². The maximum atomic E-state index is 3.57. The molecular formula is C13H20. The summed E-state index contributed by atoms with van der Waals surface area (Å²) in [4.78, 5) is 0. The quantitative estimate of drug-likeness (QED) is 0.557. The van der Waals surface area contributed by atoms with Crippen LogP contribution in [0.3, 0.4) is 0 Å². The van der Waals surface area contributed by atoms with Crippen LogP contribution >= 0.6 is 0 Å². The van der Waals surface area contributed by atoms with Crippen LogP contribution < -0.4 is 0 Å². The molecule has 0 heterocycles. The van der Waals surface area contributed by atoms with Crippen LogP contribution in [0.4, 0.5) is 0 Å². The van der Waals surface area contributed by atoms with Gasteiger partial charge in [0.25, 0.3) is 0 Å². The molecule has 72 valence electrons. The number of rotatable bonds is 3. The van der Waals surface area contributed by atoms with Crippen molar-refractivity contribution in [1.29, 1.82) is 0 Å². The second-order valence-corrected chi connectivity index (χ2v) is 2.41. The van der Waals surface area contributed by atoms with E-state index in [1.54, 1.807) is 12.2 Å². The molecule has 0 aliphatic heterocycles. The first kappa shape index (κ1) is 14.2. The molecule has 0 saturated heterocycles. The molecule has 13 heavy (non-hydrogen) atoms. The summed E-state index contributed by atoms with van der Waals surface area (Å²) in [6, 6.07) is 0. The van der Waals surface area contributed by atoms with Gasteiger partial charge in [0, 0.05) is 0 Å². The van der Waals surface area contributed by atoms with Crippen LogP contribution in [-0.4, -0.2) is 0 Å². The average molecular weight is 176 g/mol. The number of hydrogen-bond acceptors (Lipinski definition) is 0. The average Bonchev–Trinajstić information content (AvgIpc) is 2.08. The smallest absolute Gasteiger partial charge is 0.0398 e. The van der Waals surface area contributed by atoms with E-state index in [4.69, 9.17) is 0 Å². The van der Waals surface area contributed by atoms with Crippen molar-refractivity contribution in [3.05, 3.63) is 61.3 Å². The lowest BCUT2D eigenvalue weighted by atomic mass is 10.2. The molecule has 0 spiro atoms. The maximum Gasteiger partial charge on any atom is -0.0398 e. The molecule has 0 heteroatoms. The normalized spacial score (nSPS) is 11.2. The van der Waals surface area contributed by atoms with Gasteiger partial charge in [-0.3, -0.25) is 0 Å². The van der Waals surface area contributed by atoms with Crippen molar-refractivity contribution in [2.24, 2.45) is 0 Å². The van der Waals surface area contributed by atoms with Crippen LogP contribution in [0.5, 0.6) is 0 Å². The summed E-state index contributed by atoms with van der Waals surface area (Å²) >= 11 is 0. The van der Waals surface area contributed by atoms with Crippen LogP contribution in [0.25, 0.3) is 0 Å². The van der Waals surface area contributed by atoms with Crippen molar-refractivity contribution >= 4 is 0 Å². The Kier molecular flexibility index (Phi) is 14.6. The van der Waals surface area contributed by atoms with E-state index in [-0.39, 0.29) is 0 Å². The van der Waals surface area contributed by atoms with Crippen molar-refractivity contribution < 1.29 is 0 Å². The molecule has 0 amide bonds. The van der Waals surface area contributed by atoms with Crippen LogP contribution in [0.2, 0.25) is 0 Å². The van der Waals surface area contributed by atoms with Crippen LogP contribution in [0.15, 0.2) is 61.3 Å². The summed E-state index contributed by atoms with van der Waals surface area (Å²) in [7, 11) is 0. The van der Waals surface area contributed by atoms with Gasteiger partial charge in [0.2, 0.25) is 0 Å². The van der Waals surface area contributed by atoms with E-state index in [1.165, 1.54) is 5.57 Å². The molecule has 0 bridgehead atoms. The maximum absolute atomic E-state index is 3.57. The Morgan fingerprint density at radius 1 is 1.00 bits per heavy atom. The third-order valence-corrected chi connectivity index (χ3v) is 1.14. The van der Waals surface area contributed by atoms with Gasteiger partial charge in [-0.15, -0.1) is 0 Å². The SMILES string of the molecule is C=C/C=C(C)/C=C/C.C=C/C=C/C. The first-order valence-corrected chi connectivity index (χ1v) is 4.38. The van der Waals surface area contributed by atoms with E-state index in [2.05, 4.69) is 13.2 Å². The van der Waals surface area contributed by atoms with Gasteiger partial charge in [-0.2, -0.15) is 0 Å². The van der Waals surface area contributed by atoms with E-state index < -0.39 is 0 Å². The van der Waals surface area contributed by atoms with E-state index in [1.807, 2.05) is 51.2 Å². The Morgan fingerprint density at radius 2 is 1.62 bits per heavy atom. The second kappa shape index (κ2) is 13.3. The van der Waals surface area contributed by atoms with Crippen molar-refractivity contribution in [2.75, 3.05) is 0 Å². The predicted molar refractivity (Wildman–Crippen MR) is 63.8 cm³/mol. The molecule has 0 saturated carbocycles. The third kappa shape index (κ3) is 18.0. The second-order valence-electron chi connectivity index (χ2n) is 2.41. The summed E-state index contributed by atoms with van der Waals surface area (Å²) in [5, 5.41) is 0. The van der Waals surface area contributed by atoms with Crippen molar-refractivity contribution in [3.8, 4) is 0 Å². The molecular weight excluding hydrogens is 156 g/mol. The standard InChI is InChI=1S/C8H12.C5H8/c1-4-6-8(3)7-5-2;1-3-5-4-2/h4-7H,1H2,2-3H3;3-5H,1H2,2H3/b7-5+,8-6+;5-4+. The Hall–Kier alpha value is -1.30. The summed E-state index contributed by atoms with van der Waals surface area (Å²) in [6.45, 7) is 13.0. The van der Waals surface area contributed by atoms with Gasteiger partial charge in [0.05, 0.1) is 0 Å². The Bertz CT molecular complexity index is 202. The molecule has 0 aromatic heterocycles. The van der Waals surface area contributed by atoms with Crippen molar-refractivity contribution in [3.63, 3.8) is 0 Å². The Balaban J connectivity index is 0. The first-order chi connectivity index (χ1) is 6.22. The Labute approximate surface area is 82.7 Å². The highest BCUT2D eigenvalue weighted by Crippen LogP contribution is 1.92. The fourth-order valence-corrected chi connectivity index (χ4v) is 0.640. The molecule has 0 aromatic rings. The zero-order valence-corrected chi connectivity index (χ0v) is 8.96. The lowest BCUT2D eigenvalue weighted by Crippen LogP contribution is -1.61. The van der Waals surface area contributed by atoms with Gasteiger partial charge in [0.1, 0.15) is 0 Å². The zero-order chi connectivity index (χ0) is 10.5.